The average Bonchev–Trinajstić information content (AvgIpc) is 3.04. The van der Waals surface area contributed by atoms with Gasteiger partial charge in [-0.2, -0.15) is 0 Å². The van der Waals surface area contributed by atoms with Crippen LogP contribution in [0.15, 0.2) is 29.6 Å². The summed E-state index contributed by atoms with van der Waals surface area (Å²) in [5.74, 6) is -0.903. The molecule has 0 N–H and O–H groups in total. The molecule has 0 aliphatic carbocycles. The Kier molecular flexibility index (Phi) is 3.55. The van der Waals surface area contributed by atoms with Crippen molar-refractivity contribution < 1.29 is 19.2 Å². The van der Waals surface area contributed by atoms with E-state index in [1.54, 1.807) is 17.5 Å². The highest BCUT2D eigenvalue weighted by Gasteiger charge is 2.33. The van der Waals surface area contributed by atoms with E-state index >= 15 is 0 Å². The zero-order valence-electron chi connectivity index (χ0n) is 11.1. The first-order valence-electron chi connectivity index (χ1n) is 6.21. The number of thiophene rings is 1. The number of nitro groups is 1. The lowest BCUT2D eigenvalue weighted by Gasteiger charge is -2.24. The van der Waals surface area contributed by atoms with Crippen molar-refractivity contribution in [1.29, 1.82) is 0 Å². The van der Waals surface area contributed by atoms with Crippen LogP contribution in [0.2, 0.25) is 0 Å². The molecule has 8 nitrogen and oxygen atoms in total. The van der Waals surface area contributed by atoms with E-state index in [9.17, 15) is 19.7 Å². The molecule has 0 fully saturated rings. The molecule has 0 saturated carbocycles. The number of carbonyl (C=O) groups excluding carboxylic acids is 2. The predicted molar refractivity (Wildman–Crippen MR) is 77.4 cm³/mol. The van der Waals surface area contributed by atoms with E-state index in [1.165, 1.54) is 23.5 Å². The Morgan fingerprint density at radius 3 is 2.95 bits per heavy atom. The van der Waals surface area contributed by atoms with Crippen molar-refractivity contribution in [2.24, 2.45) is 0 Å². The van der Waals surface area contributed by atoms with Gasteiger partial charge in [0.2, 0.25) is 0 Å². The number of ether oxygens (including phenoxy) is 1. The van der Waals surface area contributed by atoms with E-state index in [0.717, 1.165) is 4.90 Å². The van der Waals surface area contributed by atoms with Gasteiger partial charge in [0.25, 0.3) is 11.7 Å². The van der Waals surface area contributed by atoms with Gasteiger partial charge in [-0.15, -0.1) is 11.3 Å². The lowest BCUT2D eigenvalue weighted by Crippen LogP contribution is -2.42. The molecular formula is C13H9N3O5S. The second kappa shape index (κ2) is 5.53. The van der Waals surface area contributed by atoms with Crippen LogP contribution in [0.4, 0.5) is 11.6 Å². The third-order valence-electron chi connectivity index (χ3n) is 3.02. The summed E-state index contributed by atoms with van der Waals surface area (Å²) >= 11 is 1.26. The van der Waals surface area contributed by atoms with E-state index in [0.29, 0.717) is 4.88 Å². The summed E-state index contributed by atoms with van der Waals surface area (Å²) in [7, 11) is 0. The SMILES string of the molecule is O=C(CN1C(=O)COc2ccc([N+](=O)[O-])nc21)c1cccs1. The largest absolute Gasteiger partial charge is 0.477 e. The number of carbonyl (C=O) groups is 2. The molecule has 2 aromatic heterocycles. The highest BCUT2D eigenvalue weighted by atomic mass is 32.1. The lowest BCUT2D eigenvalue weighted by atomic mass is 10.2. The van der Waals surface area contributed by atoms with Gasteiger partial charge in [-0.25, -0.2) is 0 Å². The topological polar surface area (TPSA) is 103 Å². The van der Waals surface area contributed by atoms with Crippen molar-refractivity contribution >= 4 is 34.7 Å². The monoisotopic (exact) mass is 319 g/mol. The molecule has 9 heteroatoms. The van der Waals surface area contributed by atoms with Crippen LogP contribution in [0, 0.1) is 10.1 Å². The van der Waals surface area contributed by atoms with Crippen molar-refractivity contribution in [2.45, 2.75) is 0 Å². The molecule has 0 atom stereocenters. The minimum Gasteiger partial charge on any atom is -0.477 e. The number of ketones is 1. The molecule has 3 rings (SSSR count). The van der Waals surface area contributed by atoms with Crippen LogP contribution in [-0.4, -0.2) is 34.7 Å². The maximum absolute atomic E-state index is 12.2. The molecule has 0 radical (unpaired) electrons. The number of hydrogen-bond donors (Lipinski definition) is 0. The van der Waals surface area contributed by atoms with Gasteiger partial charge < -0.3 is 14.9 Å². The summed E-state index contributed by atoms with van der Waals surface area (Å²) in [5.41, 5.74) is 0. The van der Waals surface area contributed by atoms with E-state index in [2.05, 4.69) is 4.98 Å². The number of nitrogens with zero attached hydrogens (tertiary/aromatic N) is 3. The summed E-state index contributed by atoms with van der Waals surface area (Å²) in [6, 6.07) is 5.94. The van der Waals surface area contributed by atoms with Gasteiger partial charge in [-0.05, 0) is 27.4 Å². The van der Waals surface area contributed by atoms with E-state index in [4.69, 9.17) is 4.74 Å². The zero-order chi connectivity index (χ0) is 15.7. The summed E-state index contributed by atoms with van der Waals surface area (Å²) in [6.07, 6.45) is 0. The van der Waals surface area contributed by atoms with Gasteiger partial charge in [-0.1, -0.05) is 6.07 Å². The molecule has 3 heterocycles. The van der Waals surface area contributed by atoms with E-state index in [-0.39, 0.29) is 30.5 Å². The maximum atomic E-state index is 12.2. The number of hydrogen-bond acceptors (Lipinski definition) is 7. The Hall–Kier alpha value is -2.81. The van der Waals surface area contributed by atoms with Crippen molar-refractivity contribution in [3.05, 3.63) is 44.6 Å². The van der Waals surface area contributed by atoms with Gasteiger partial charge >= 0.3 is 5.82 Å². The van der Waals surface area contributed by atoms with Crippen molar-refractivity contribution in [2.75, 3.05) is 18.1 Å². The van der Waals surface area contributed by atoms with Crippen molar-refractivity contribution in [3.8, 4) is 5.75 Å². The van der Waals surface area contributed by atoms with Crippen LogP contribution >= 0.6 is 11.3 Å². The van der Waals surface area contributed by atoms with Crippen molar-refractivity contribution in [1.82, 2.24) is 4.98 Å². The number of fused-ring (bicyclic) bond motifs is 1. The highest BCUT2D eigenvalue weighted by Crippen LogP contribution is 2.32. The van der Waals surface area contributed by atoms with Crippen LogP contribution in [0.3, 0.4) is 0 Å². The average molecular weight is 319 g/mol. The first kappa shape index (κ1) is 14.1. The van der Waals surface area contributed by atoms with Gasteiger partial charge in [0.15, 0.2) is 18.1 Å². The summed E-state index contributed by atoms with van der Waals surface area (Å²) in [5, 5.41) is 12.6. The van der Waals surface area contributed by atoms with Crippen LogP contribution in [-0.2, 0) is 4.79 Å². The third-order valence-corrected chi connectivity index (χ3v) is 3.93. The van der Waals surface area contributed by atoms with Crippen LogP contribution in [0.5, 0.6) is 5.75 Å². The fraction of sp³-hybridized carbons (Fsp3) is 0.154. The standard InChI is InChI=1S/C13H9N3O5S/c17-8(10-2-1-5-22-10)6-15-12(18)7-21-9-3-4-11(16(19)20)14-13(9)15/h1-5H,6-7H2. The molecule has 1 amide bonds. The van der Waals surface area contributed by atoms with Gasteiger partial charge in [0.1, 0.15) is 0 Å². The van der Waals surface area contributed by atoms with Gasteiger partial charge in [0, 0.05) is 6.07 Å². The van der Waals surface area contributed by atoms with Crippen LogP contribution in [0.1, 0.15) is 9.67 Å². The van der Waals surface area contributed by atoms with Gasteiger partial charge in [0.05, 0.1) is 11.4 Å². The second-order valence-electron chi connectivity index (χ2n) is 4.42. The van der Waals surface area contributed by atoms with Crippen LogP contribution < -0.4 is 9.64 Å². The Morgan fingerprint density at radius 2 is 2.27 bits per heavy atom. The van der Waals surface area contributed by atoms with E-state index in [1.807, 2.05) is 0 Å². The first-order chi connectivity index (χ1) is 10.6. The Morgan fingerprint density at radius 1 is 1.45 bits per heavy atom. The fourth-order valence-corrected chi connectivity index (χ4v) is 2.65. The second-order valence-corrected chi connectivity index (χ2v) is 5.37. The number of rotatable bonds is 4. The maximum Gasteiger partial charge on any atom is 0.366 e. The summed E-state index contributed by atoms with van der Waals surface area (Å²) in [4.78, 5) is 39.7. The fourth-order valence-electron chi connectivity index (χ4n) is 1.99. The summed E-state index contributed by atoms with van der Waals surface area (Å²) < 4.78 is 5.19. The molecule has 0 spiro atoms. The minimum absolute atomic E-state index is 0.00430. The van der Waals surface area contributed by atoms with Crippen molar-refractivity contribution in [3.63, 3.8) is 0 Å². The molecule has 22 heavy (non-hydrogen) atoms. The zero-order valence-corrected chi connectivity index (χ0v) is 11.9. The number of anilines is 1. The third kappa shape index (κ3) is 2.53. The highest BCUT2D eigenvalue weighted by molar-refractivity contribution is 7.12. The smallest absolute Gasteiger partial charge is 0.366 e. The normalized spacial score (nSPS) is 13.5. The molecule has 1 aliphatic heterocycles. The first-order valence-corrected chi connectivity index (χ1v) is 7.09. The molecule has 112 valence electrons. The van der Waals surface area contributed by atoms with E-state index < -0.39 is 16.6 Å². The summed E-state index contributed by atoms with van der Waals surface area (Å²) in [6.45, 7) is -0.464. The lowest BCUT2D eigenvalue weighted by molar-refractivity contribution is -0.389. The molecule has 2 aromatic rings. The van der Waals surface area contributed by atoms with Crippen LogP contribution in [0.25, 0.3) is 0 Å². The Labute approximate surface area is 128 Å². The molecule has 1 aliphatic rings. The molecule has 0 aromatic carbocycles. The quantitative estimate of drug-likeness (QED) is 0.482. The molecular weight excluding hydrogens is 310 g/mol. The predicted octanol–water partition coefficient (Wildman–Crippen LogP) is 1.66. The molecule has 0 unspecified atom stereocenters. The number of amides is 1. The minimum atomic E-state index is -0.668. The number of pyridine rings is 1. The van der Waals surface area contributed by atoms with Gasteiger partial charge in [-0.3, -0.25) is 14.5 Å². The number of aromatic nitrogens is 1. The number of Topliss-reactive ketones (excluding diaryl/α,β-unsaturated/α-hetero) is 1. The molecule has 0 saturated heterocycles. The Balaban J connectivity index is 1.94. The Bertz CT molecular complexity index is 759. The molecule has 0 bridgehead atoms.